The Morgan fingerprint density at radius 2 is 2.14 bits per heavy atom. The highest BCUT2D eigenvalue weighted by atomic mass is 16.5. The summed E-state index contributed by atoms with van der Waals surface area (Å²) in [5.74, 6) is -0.148. The van der Waals surface area contributed by atoms with Crippen molar-refractivity contribution in [3.63, 3.8) is 0 Å². The van der Waals surface area contributed by atoms with Gasteiger partial charge in [-0.2, -0.15) is 0 Å². The number of carboxylic acids is 1. The largest absolute Gasteiger partial charge is 0.496 e. The lowest BCUT2D eigenvalue weighted by atomic mass is 10.0. The Balaban J connectivity index is 1.86. The number of benzene rings is 1. The number of rotatable bonds is 4. The summed E-state index contributed by atoms with van der Waals surface area (Å²) in [5, 5.41) is 9.73. The van der Waals surface area contributed by atoms with Crippen molar-refractivity contribution in [1.29, 1.82) is 0 Å². The zero-order valence-corrected chi connectivity index (χ0v) is 12.4. The van der Waals surface area contributed by atoms with E-state index in [0.29, 0.717) is 11.8 Å². The molecule has 5 heteroatoms. The van der Waals surface area contributed by atoms with Crippen LogP contribution in [0.25, 0.3) is 0 Å². The molecule has 0 spiro atoms. The second-order valence-corrected chi connectivity index (χ2v) is 5.81. The second kappa shape index (κ2) is 6.03. The van der Waals surface area contributed by atoms with Crippen LogP contribution < -0.4 is 4.74 Å². The number of nitrogens with zero attached hydrogens (tertiary/aromatic N) is 2. The predicted octanol–water partition coefficient (Wildman–Crippen LogP) is 1.60. The molecule has 2 atom stereocenters. The van der Waals surface area contributed by atoms with Crippen molar-refractivity contribution >= 4 is 5.97 Å². The third-order valence-electron chi connectivity index (χ3n) is 4.65. The van der Waals surface area contributed by atoms with E-state index in [2.05, 4.69) is 9.80 Å². The average molecular weight is 290 g/mol. The van der Waals surface area contributed by atoms with Gasteiger partial charge in [0, 0.05) is 31.2 Å². The molecule has 21 heavy (non-hydrogen) atoms. The fourth-order valence-electron chi connectivity index (χ4n) is 3.63. The Bertz CT molecular complexity index is 520. The highest BCUT2D eigenvalue weighted by Gasteiger charge is 2.37. The highest BCUT2D eigenvalue weighted by Crippen LogP contribution is 2.32. The maximum absolute atomic E-state index is 11.8. The summed E-state index contributed by atoms with van der Waals surface area (Å²) < 4.78 is 5.35. The van der Waals surface area contributed by atoms with E-state index in [1.54, 1.807) is 7.11 Å². The van der Waals surface area contributed by atoms with Crippen LogP contribution >= 0.6 is 0 Å². The Morgan fingerprint density at radius 3 is 2.90 bits per heavy atom. The van der Waals surface area contributed by atoms with Gasteiger partial charge in [-0.3, -0.25) is 14.6 Å². The molecule has 1 N–H and O–H groups in total. The lowest BCUT2D eigenvalue weighted by Crippen LogP contribution is -2.52. The maximum atomic E-state index is 11.8. The van der Waals surface area contributed by atoms with Gasteiger partial charge in [0.1, 0.15) is 11.8 Å². The maximum Gasteiger partial charge on any atom is 0.325 e. The zero-order valence-electron chi connectivity index (χ0n) is 12.4. The molecular formula is C16H22N2O3. The van der Waals surface area contributed by atoms with Crippen LogP contribution in [0.4, 0.5) is 0 Å². The Morgan fingerprint density at radius 1 is 1.33 bits per heavy atom. The smallest absolute Gasteiger partial charge is 0.325 e. The van der Waals surface area contributed by atoms with Gasteiger partial charge in [0.25, 0.3) is 0 Å². The first-order chi connectivity index (χ1) is 10.2. The molecule has 2 saturated heterocycles. The number of para-hydroxylation sites is 1. The van der Waals surface area contributed by atoms with Crippen molar-refractivity contribution < 1.29 is 14.6 Å². The van der Waals surface area contributed by atoms with Crippen molar-refractivity contribution in [2.75, 3.05) is 33.3 Å². The molecule has 0 radical (unpaired) electrons. The van der Waals surface area contributed by atoms with E-state index in [9.17, 15) is 9.90 Å². The molecule has 1 aromatic carbocycles. The van der Waals surface area contributed by atoms with Crippen LogP contribution in [-0.4, -0.2) is 60.2 Å². The molecule has 0 saturated carbocycles. The number of carbonyl (C=O) groups is 1. The van der Waals surface area contributed by atoms with E-state index in [1.807, 2.05) is 24.3 Å². The topological polar surface area (TPSA) is 53.0 Å². The van der Waals surface area contributed by atoms with Crippen molar-refractivity contribution in [1.82, 2.24) is 9.80 Å². The number of piperazine rings is 1. The van der Waals surface area contributed by atoms with Gasteiger partial charge >= 0.3 is 5.97 Å². The zero-order chi connectivity index (χ0) is 14.8. The van der Waals surface area contributed by atoms with Gasteiger partial charge < -0.3 is 9.84 Å². The fraction of sp³-hybridized carbons (Fsp3) is 0.562. The third-order valence-corrected chi connectivity index (χ3v) is 4.65. The minimum atomic E-state index is -0.800. The van der Waals surface area contributed by atoms with E-state index in [-0.39, 0.29) is 0 Å². The van der Waals surface area contributed by atoms with Crippen LogP contribution in [0.5, 0.6) is 5.75 Å². The normalized spacial score (nSPS) is 24.5. The fourth-order valence-corrected chi connectivity index (χ4v) is 3.63. The molecule has 0 bridgehead atoms. The average Bonchev–Trinajstić information content (AvgIpc) is 2.95. The molecule has 3 rings (SSSR count). The molecule has 5 nitrogen and oxygen atoms in total. The monoisotopic (exact) mass is 290 g/mol. The van der Waals surface area contributed by atoms with Gasteiger partial charge in [0.05, 0.1) is 7.11 Å². The highest BCUT2D eigenvalue weighted by molar-refractivity contribution is 5.76. The first-order valence-corrected chi connectivity index (χ1v) is 7.54. The Hall–Kier alpha value is -1.59. The quantitative estimate of drug-likeness (QED) is 0.913. The number of aliphatic carboxylic acids is 1. The summed E-state index contributed by atoms with van der Waals surface area (Å²) in [6, 6.07) is 7.32. The summed E-state index contributed by atoms with van der Waals surface area (Å²) in [6.45, 7) is 3.75. The van der Waals surface area contributed by atoms with Gasteiger partial charge in [-0.05, 0) is 25.5 Å². The van der Waals surface area contributed by atoms with Crippen molar-refractivity contribution in [3.8, 4) is 5.75 Å². The summed E-state index contributed by atoms with van der Waals surface area (Å²) in [7, 11) is 1.59. The van der Waals surface area contributed by atoms with E-state index < -0.39 is 12.0 Å². The first-order valence-electron chi connectivity index (χ1n) is 7.54. The molecule has 0 amide bonds. The molecule has 2 aliphatic rings. The van der Waals surface area contributed by atoms with Crippen molar-refractivity contribution in [2.24, 2.45) is 0 Å². The van der Waals surface area contributed by atoms with Crippen molar-refractivity contribution in [3.05, 3.63) is 29.8 Å². The van der Waals surface area contributed by atoms with Gasteiger partial charge in [-0.25, -0.2) is 0 Å². The molecular weight excluding hydrogens is 268 g/mol. The number of fused-ring (bicyclic) bond motifs is 1. The van der Waals surface area contributed by atoms with Gasteiger partial charge in [-0.1, -0.05) is 18.2 Å². The molecule has 0 aliphatic carbocycles. The van der Waals surface area contributed by atoms with E-state index >= 15 is 0 Å². The van der Waals surface area contributed by atoms with Crippen LogP contribution in [0.1, 0.15) is 24.4 Å². The molecule has 2 aliphatic heterocycles. The summed E-state index contributed by atoms with van der Waals surface area (Å²) in [4.78, 5) is 16.4. The Labute approximate surface area is 125 Å². The lowest BCUT2D eigenvalue weighted by Gasteiger charge is -2.40. The summed E-state index contributed by atoms with van der Waals surface area (Å²) >= 11 is 0. The number of hydrogen-bond acceptors (Lipinski definition) is 4. The van der Waals surface area contributed by atoms with Crippen LogP contribution in [0.2, 0.25) is 0 Å². The molecule has 2 unspecified atom stereocenters. The number of hydrogen-bond donors (Lipinski definition) is 1. The van der Waals surface area contributed by atoms with Crippen LogP contribution in [0.15, 0.2) is 24.3 Å². The Kier molecular flexibility index (Phi) is 4.12. The van der Waals surface area contributed by atoms with Crippen molar-refractivity contribution in [2.45, 2.75) is 24.9 Å². The van der Waals surface area contributed by atoms with E-state index in [1.165, 1.54) is 12.8 Å². The number of methoxy groups -OCH3 is 1. The molecule has 2 fully saturated rings. The van der Waals surface area contributed by atoms with Crippen LogP contribution in [0, 0.1) is 0 Å². The van der Waals surface area contributed by atoms with Gasteiger partial charge in [0.15, 0.2) is 0 Å². The van der Waals surface area contributed by atoms with E-state index in [4.69, 9.17) is 4.74 Å². The standard InChI is InChI=1S/C16H22N2O3/c1-21-14-7-3-2-6-13(14)15(16(19)20)18-10-9-17-8-4-5-12(17)11-18/h2-3,6-7,12,15H,4-5,8-11H2,1H3,(H,19,20). The molecule has 114 valence electrons. The van der Waals surface area contributed by atoms with Crippen LogP contribution in [0.3, 0.4) is 0 Å². The molecule has 2 heterocycles. The van der Waals surface area contributed by atoms with E-state index in [0.717, 1.165) is 31.7 Å². The molecule has 1 aromatic rings. The minimum absolute atomic E-state index is 0.510. The predicted molar refractivity (Wildman–Crippen MR) is 79.5 cm³/mol. The minimum Gasteiger partial charge on any atom is -0.496 e. The molecule has 0 aromatic heterocycles. The van der Waals surface area contributed by atoms with Gasteiger partial charge in [-0.15, -0.1) is 0 Å². The second-order valence-electron chi connectivity index (χ2n) is 5.81. The summed E-state index contributed by atoms with van der Waals surface area (Å²) in [6.07, 6.45) is 2.40. The first kappa shape index (κ1) is 14.4. The summed E-state index contributed by atoms with van der Waals surface area (Å²) in [5.41, 5.74) is 0.749. The van der Waals surface area contributed by atoms with Gasteiger partial charge in [0.2, 0.25) is 0 Å². The number of carboxylic acid groups (broad SMARTS) is 1. The third kappa shape index (κ3) is 2.76. The lowest BCUT2D eigenvalue weighted by molar-refractivity contribution is -0.144. The SMILES string of the molecule is COc1ccccc1C(C(=O)O)N1CCN2CCCC2C1. The number of ether oxygens (including phenoxy) is 1. The van der Waals surface area contributed by atoms with Crippen LogP contribution in [-0.2, 0) is 4.79 Å².